The molecule has 0 aliphatic carbocycles. The Morgan fingerprint density at radius 1 is 1.00 bits per heavy atom. The number of hydrogen-bond acceptors (Lipinski definition) is 6. The van der Waals surface area contributed by atoms with Crippen LogP contribution in [0.2, 0.25) is 0 Å². The van der Waals surface area contributed by atoms with Gasteiger partial charge in [0.15, 0.2) is 0 Å². The van der Waals surface area contributed by atoms with Crippen LogP contribution in [0.4, 0.5) is 11.4 Å². The van der Waals surface area contributed by atoms with E-state index in [1.54, 1.807) is 43.5 Å². The summed E-state index contributed by atoms with van der Waals surface area (Å²) >= 11 is 0. The van der Waals surface area contributed by atoms with Gasteiger partial charge in [-0.05, 0) is 42.9 Å². The molecule has 1 amide bonds. The zero-order valence-electron chi connectivity index (χ0n) is 17.1. The van der Waals surface area contributed by atoms with Crippen LogP contribution in [0.5, 0.6) is 5.75 Å². The highest BCUT2D eigenvalue weighted by Crippen LogP contribution is 2.29. The van der Waals surface area contributed by atoms with Crippen LogP contribution in [0.1, 0.15) is 27.6 Å². The van der Waals surface area contributed by atoms with Gasteiger partial charge in [-0.3, -0.25) is 4.79 Å². The van der Waals surface area contributed by atoms with Crippen LogP contribution in [0.15, 0.2) is 42.5 Å². The number of ether oxygens (including phenoxy) is 2. The average molecular weight is 397 g/mol. The van der Waals surface area contributed by atoms with Crippen LogP contribution < -0.4 is 15.0 Å². The number of anilines is 2. The van der Waals surface area contributed by atoms with Gasteiger partial charge in [-0.15, -0.1) is 0 Å². The Bertz CT molecular complexity index is 876. The Kier molecular flexibility index (Phi) is 6.72. The van der Waals surface area contributed by atoms with Gasteiger partial charge >= 0.3 is 5.97 Å². The maximum Gasteiger partial charge on any atom is 0.337 e. The van der Waals surface area contributed by atoms with E-state index in [-0.39, 0.29) is 5.91 Å². The van der Waals surface area contributed by atoms with Crippen molar-refractivity contribution in [1.29, 1.82) is 0 Å². The second-order valence-electron chi connectivity index (χ2n) is 6.83. The summed E-state index contributed by atoms with van der Waals surface area (Å²) < 4.78 is 10.0. The van der Waals surface area contributed by atoms with E-state index in [9.17, 15) is 9.59 Å². The molecule has 1 fully saturated rings. The third-order valence-electron chi connectivity index (χ3n) is 5.16. The van der Waals surface area contributed by atoms with Crippen LogP contribution in [0.3, 0.4) is 0 Å². The summed E-state index contributed by atoms with van der Waals surface area (Å²) in [4.78, 5) is 29.5. The molecule has 0 unspecified atom stereocenters. The first-order valence-corrected chi connectivity index (χ1v) is 9.70. The van der Waals surface area contributed by atoms with E-state index in [0.29, 0.717) is 22.6 Å². The van der Waals surface area contributed by atoms with Crippen molar-refractivity contribution in [1.82, 2.24) is 4.90 Å². The lowest BCUT2D eigenvalue weighted by molar-refractivity contribution is 0.0600. The molecule has 2 aromatic carbocycles. The van der Waals surface area contributed by atoms with E-state index in [4.69, 9.17) is 9.47 Å². The molecule has 0 bridgehead atoms. The molecule has 0 radical (unpaired) electrons. The topological polar surface area (TPSA) is 71.1 Å². The number of nitrogens with zero attached hydrogens (tertiary/aromatic N) is 2. The van der Waals surface area contributed by atoms with Gasteiger partial charge in [-0.2, -0.15) is 0 Å². The summed E-state index contributed by atoms with van der Waals surface area (Å²) in [5.41, 5.74) is 2.36. The molecule has 1 heterocycles. The van der Waals surface area contributed by atoms with E-state index in [1.165, 1.54) is 7.11 Å². The van der Waals surface area contributed by atoms with Crippen LogP contribution in [-0.2, 0) is 4.74 Å². The number of rotatable bonds is 6. The Balaban J connectivity index is 1.89. The molecule has 7 nitrogen and oxygen atoms in total. The average Bonchev–Trinajstić information content (AvgIpc) is 2.78. The van der Waals surface area contributed by atoms with Crippen LogP contribution in [0, 0.1) is 0 Å². The number of carbonyl (C=O) groups excluding carboxylic acids is 2. The normalized spacial score (nSPS) is 14.4. The van der Waals surface area contributed by atoms with Gasteiger partial charge in [-0.25, -0.2) is 4.79 Å². The second kappa shape index (κ2) is 9.43. The first-order valence-electron chi connectivity index (χ1n) is 9.70. The van der Waals surface area contributed by atoms with E-state index >= 15 is 0 Å². The van der Waals surface area contributed by atoms with Crippen LogP contribution in [-0.4, -0.2) is 63.7 Å². The lowest BCUT2D eigenvalue weighted by Crippen LogP contribution is -2.46. The molecule has 1 N–H and O–H groups in total. The molecule has 2 aromatic rings. The highest BCUT2D eigenvalue weighted by atomic mass is 16.5. The molecule has 1 saturated heterocycles. The van der Waals surface area contributed by atoms with Crippen molar-refractivity contribution in [3.8, 4) is 5.75 Å². The van der Waals surface area contributed by atoms with Gasteiger partial charge < -0.3 is 24.6 Å². The van der Waals surface area contributed by atoms with Crippen molar-refractivity contribution in [2.75, 3.05) is 57.2 Å². The summed E-state index contributed by atoms with van der Waals surface area (Å²) in [7, 11) is 2.90. The van der Waals surface area contributed by atoms with Gasteiger partial charge in [0.1, 0.15) is 5.75 Å². The van der Waals surface area contributed by atoms with Crippen molar-refractivity contribution in [3.63, 3.8) is 0 Å². The van der Waals surface area contributed by atoms with E-state index in [0.717, 1.165) is 38.4 Å². The van der Waals surface area contributed by atoms with Crippen molar-refractivity contribution in [3.05, 3.63) is 53.6 Å². The van der Waals surface area contributed by atoms with Crippen molar-refractivity contribution >= 4 is 23.3 Å². The number of likely N-dealkylation sites (N-methyl/N-ethyl adjacent to an activating group) is 1. The number of nitrogens with one attached hydrogen (secondary N) is 1. The maximum absolute atomic E-state index is 12.9. The summed E-state index contributed by atoms with van der Waals surface area (Å²) in [6.45, 7) is 6.80. The maximum atomic E-state index is 12.9. The smallest absolute Gasteiger partial charge is 0.337 e. The number of benzene rings is 2. The van der Waals surface area contributed by atoms with Crippen molar-refractivity contribution in [2.45, 2.75) is 6.92 Å². The fourth-order valence-electron chi connectivity index (χ4n) is 3.42. The number of methoxy groups -OCH3 is 2. The van der Waals surface area contributed by atoms with Gasteiger partial charge in [0.25, 0.3) is 5.91 Å². The third kappa shape index (κ3) is 4.86. The lowest BCUT2D eigenvalue weighted by Gasteiger charge is -2.36. The summed E-state index contributed by atoms with van der Waals surface area (Å²) in [5.74, 6) is -0.0968. The Labute approximate surface area is 171 Å². The Hall–Kier alpha value is -3.06. The minimum Gasteiger partial charge on any atom is -0.497 e. The molecule has 7 heteroatoms. The fraction of sp³-hybridized carbons (Fsp3) is 0.364. The molecule has 0 atom stereocenters. The minimum absolute atomic E-state index is 0.264. The number of carbonyl (C=O) groups is 2. The molecule has 0 saturated carbocycles. The predicted molar refractivity (Wildman–Crippen MR) is 113 cm³/mol. The van der Waals surface area contributed by atoms with Gasteiger partial charge in [0.05, 0.1) is 31.2 Å². The first-order chi connectivity index (χ1) is 14.0. The van der Waals surface area contributed by atoms with Crippen molar-refractivity contribution in [2.24, 2.45) is 0 Å². The minimum atomic E-state index is -0.441. The summed E-state index contributed by atoms with van der Waals surface area (Å²) in [5, 5.41) is 2.96. The van der Waals surface area contributed by atoms with Crippen molar-refractivity contribution < 1.29 is 19.1 Å². The molecule has 154 valence electrons. The molecule has 0 spiro atoms. The zero-order chi connectivity index (χ0) is 20.8. The molecule has 29 heavy (non-hydrogen) atoms. The number of piperazine rings is 1. The SMILES string of the molecule is CCN1CCN(c2ccc(C(=O)OC)cc2NC(=O)c2cccc(OC)c2)CC1. The van der Waals surface area contributed by atoms with Crippen LogP contribution in [0.25, 0.3) is 0 Å². The molecule has 3 rings (SSSR count). The monoisotopic (exact) mass is 397 g/mol. The Morgan fingerprint density at radius 3 is 2.41 bits per heavy atom. The zero-order valence-corrected chi connectivity index (χ0v) is 17.1. The Morgan fingerprint density at radius 2 is 1.76 bits per heavy atom. The fourth-order valence-corrected chi connectivity index (χ4v) is 3.42. The molecular formula is C22H27N3O4. The van der Waals surface area contributed by atoms with Crippen LogP contribution >= 0.6 is 0 Å². The van der Waals surface area contributed by atoms with E-state index in [1.807, 2.05) is 6.07 Å². The molecule has 1 aliphatic heterocycles. The quantitative estimate of drug-likeness (QED) is 0.756. The molecule has 0 aromatic heterocycles. The van der Waals surface area contributed by atoms with E-state index < -0.39 is 5.97 Å². The largest absolute Gasteiger partial charge is 0.497 e. The first kappa shape index (κ1) is 20.7. The van der Waals surface area contributed by atoms with E-state index in [2.05, 4.69) is 22.0 Å². The number of esters is 1. The third-order valence-corrected chi connectivity index (χ3v) is 5.16. The molecular weight excluding hydrogens is 370 g/mol. The predicted octanol–water partition coefficient (Wildman–Crippen LogP) is 2.88. The summed E-state index contributed by atoms with van der Waals surface area (Å²) in [6.07, 6.45) is 0. The molecule has 1 aliphatic rings. The van der Waals surface area contributed by atoms with Gasteiger partial charge in [0, 0.05) is 31.7 Å². The highest BCUT2D eigenvalue weighted by Gasteiger charge is 2.21. The lowest BCUT2D eigenvalue weighted by atomic mass is 10.1. The standard InChI is InChI=1S/C22H27N3O4/c1-4-24-10-12-25(13-11-24)20-9-8-17(22(27)29-3)15-19(20)23-21(26)16-6-5-7-18(14-16)28-2/h5-9,14-15H,4,10-13H2,1-3H3,(H,23,26). The second-order valence-corrected chi connectivity index (χ2v) is 6.83. The highest BCUT2D eigenvalue weighted by molar-refractivity contribution is 6.07. The van der Waals surface area contributed by atoms with Gasteiger partial charge in [0.2, 0.25) is 0 Å². The number of amides is 1. The van der Waals surface area contributed by atoms with Gasteiger partial charge in [-0.1, -0.05) is 13.0 Å². The summed E-state index contributed by atoms with van der Waals surface area (Å²) in [6, 6.07) is 12.2. The number of hydrogen-bond donors (Lipinski definition) is 1.